The van der Waals surface area contributed by atoms with Crippen LogP contribution in [0.2, 0.25) is 0 Å². The molecule has 2 N–H and O–H groups in total. The highest BCUT2D eigenvalue weighted by molar-refractivity contribution is 8.00. The topological polar surface area (TPSA) is 39.7 Å². The number of hydrogen-bond donors (Lipinski definition) is 2. The second-order valence-corrected chi connectivity index (χ2v) is 8.74. The van der Waals surface area contributed by atoms with Gasteiger partial charge in [-0.25, -0.2) is 0 Å². The zero-order valence-electron chi connectivity index (χ0n) is 14.0. The molecule has 1 fully saturated rings. The predicted octanol–water partition coefficient (Wildman–Crippen LogP) is 2.17. The maximum absolute atomic E-state index is 4.77. The van der Waals surface area contributed by atoms with Gasteiger partial charge in [0.15, 0.2) is 5.96 Å². The first kappa shape index (κ1) is 17.6. The molecule has 0 aromatic carbocycles. The van der Waals surface area contributed by atoms with Crippen LogP contribution in [0.1, 0.15) is 41.5 Å². The lowest BCUT2D eigenvalue weighted by atomic mass is 10.1. The lowest BCUT2D eigenvalue weighted by Gasteiger charge is -2.39. The van der Waals surface area contributed by atoms with E-state index in [0.717, 1.165) is 38.7 Å². The van der Waals surface area contributed by atoms with Gasteiger partial charge in [-0.2, -0.15) is 11.8 Å². The predicted molar refractivity (Wildman–Crippen MR) is 91.8 cm³/mol. The average Bonchev–Trinajstić information content (AvgIpc) is 2.30. The summed E-state index contributed by atoms with van der Waals surface area (Å²) >= 11 is 2.05. The van der Waals surface area contributed by atoms with Crippen LogP contribution < -0.4 is 10.6 Å². The van der Waals surface area contributed by atoms with Gasteiger partial charge in [0, 0.05) is 42.2 Å². The van der Waals surface area contributed by atoms with Crippen molar-refractivity contribution >= 4 is 17.7 Å². The Morgan fingerprint density at radius 1 is 1.35 bits per heavy atom. The van der Waals surface area contributed by atoms with E-state index in [1.807, 2.05) is 0 Å². The Kier molecular flexibility index (Phi) is 6.65. The van der Waals surface area contributed by atoms with Gasteiger partial charge in [0.05, 0.1) is 6.54 Å². The Hall–Kier alpha value is -0.420. The molecular formula is C15H32N4S. The third-order valence-electron chi connectivity index (χ3n) is 3.09. The molecule has 0 radical (unpaired) electrons. The van der Waals surface area contributed by atoms with Crippen molar-refractivity contribution < 1.29 is 0 Å². The summed E-state index contributed by atoms with van der Waals surface area (Å²) in [4.78, 5) is 7.17. The summed E-state index contributed by atoms with van der Waals surface area (Å²) in [6.07, 6.45) is 0. The molecule has 1 saturated heterocycles. The third-order valence-corrected chi connectivity index (χ3v) is 4.39. The number of guanidine groups is 1. The van der Waals surface area contributed by atoms with E-state index in [4.69, 9.17) is 4.99 Å². The minimum absolute atomic E-state index is 0.164. The van der Waals surface area contributed by atoms with Gasteiger partial charge in [0.2, 0.25) is 0 Å². The molecule has 20 heavy (non-hydrogen) atoms. The molecule has 0 aromatic heterocycles. The molecule has 0 saturated carbocycles. The van der Waals surface area contributed by atoms with Crippen LogP contribution in [0.15, 0.2) is 4.99 Å². The summed E-state index contributed by atoms with van der Waals surface area (Å²) in [5.41, 5.74) is 0.164. The smallest absolute Gasteiger partial charge is 0.194 e. The van der Waals surface area contributed by atoms with Crippen molar-refractivity contribution in [2.75, 3.05) is 38.5 Å². The second kappa shape index (κ2) is 7.55. The molecule has 1 heterocycles. The van der Waals surface area contributed by atoms with Crippen LogP contribution in [0.4, 0.5) is 0 Å². The van der Waals surface area contributed by atoms with Crippen LogP contribution in [-0.2, 0) is 0 Å². The van der Waals surface area contributed by atoms with Gasteiger partial charge in [0.1, 0.15) is 0 Å². The molecule has 1 aliphatic rings. The Balaban J connectivity index is 2.54. The van der Waals surface area contributed by atoms with Crippen LogP contribution in [0.25, 0.3) is 0 Å². The van der Waals surface area contributed by atoms with Crippen molar-refractivity contribution in [1.29, 1.82) is 0 Å². The van der Waals surface area contributed by atoms with Crippen LogP contribution in [0.3, 0.4) is 0 Å². The molecule has 5 heteroatoms. The summed E-state index contributed by atoms with van der Waals surface area (Å²) < 4.78 is 0.318. The molecule has 0 atom stereocenters. The van der Waals surface area contributed by atoms with Gasteiger partial charge in [0.25, 0.3) is 0 Å². The molecule has 1 aliphatic heterocycles. The van der Waals surface area contributed by atoms with Gasteiger partial charge >= 0.3 is 0 Å². The van der Waals surface area contributed by atoms with Gasteiger partial charge in [-0.05, 0) is 41.5 Å². The van der Waals surface area contributed by atoms with Crippen molar-refractivity contribution in [2.45, 2.75) is 51.8 Å². The first-order valence-corrected chi connectivity index (χ1v) is 8.64. The minimum atomic E-state index is 0.164. The maximum Gasteiger partial charge on any atom is 0.194 e. The molecule has 0 aliphatic carbocycles. The summed E-state index contributed by atoms with van der Waals surface area (Å²) in [5.74, 6) is 2.24. The fourth-order valence-electron chi connectivity index (χ4n) is 2.22. The quantitative estimate of drug-likeness (QED) is 0.474. The number of nitrogens with zero attached hydrogens (tertiary/aromatic N) is 2. The molecule has 0 unspecified atom stereocenters. The highest BCUT2D eigenvalue weighted by atomic mass is 32.2. The number of nitrogens with one attached hydrogen (secondary N) is 2. The number of aliphatic imine (C=N–C) groups is 1. The average molecular weight is 301 g/mol. The van der Waals surface area contributed by atoms with Crippen molar-refractivity contribution in [2.24, 2.45) is 4.99 Å². The van der Waals surface area contributed by atoms with E-state index in [2.05, 4.69) is 68.8 Å². The van der Waals surface area contributed by atoms with E-state index in [9.17, 15) is 0 Å². The Morgan fingerprint density at radius 2 is 2.05 bits per heavy atom. The summed E-state index contributed by atoms with van der Waals surface area (Å²) in [6, 6.07) is 0. The lowest BCUT2D eigenvalue weighted by molar-refractivity contribution is 0.374. The molecule has 0 aromatic rings. The van der Waals surface area contributed by atoms with Crippen molar-refractivity contribution in [3.8, 4) is 0 Å². The SMILES string of the molecule is CCNC(=NCCNC(C)(C)C)N1CCSC(C)(C)C1. The molecule has 4 nitrogen and oxygen atoms in total. The largest absolute Gasteiger partial charge is 0.357 e. The van der Waals surface area contributed by atoms with Crippen molar-refractivity contribution in [3.63, 3.8) is 0 Å². The Bertz CT molecular complexity index is 320. The zero-order valence-corrected chi connectivity index (χ0v) is 14.9. The lowest BCUT2D eigenvalue weighted by Crippen LogP contribution is -2.51. The van der Waals surface area contributed by atoms with Gasteiger partial charge in [-0.3, -0.25) is 4.99 Å². The highest BCUT2D eigenvalue weighted by Crippen LogP contribution is 2.29. The summed E-state index contributed by atoms with van der Waals surface area (Å²) in [6.45, 7) is 18.1. The van der Waals surface area contributed by atoms with Gasteiger partial charge in [-0.15, -0.1) is 0 Å². The normalized spacial score (nSPS) is 20.1. The zero-order chi connectivity index (χ0) is 15.2. The van der Waals surface area contributed by atoms with E-state index < -0.39 is 0 Å². The molecule has 0 amide bonds. The molecule has 0 spiro atoms. The van der Waals surface area contributed by atoms with E-state index in [-0.39, 0.29) is 5.54 Å². The van der Waals surface area contributed by atoms with Crippen molar-refractivity contribution in [1.82, 2.24) is 15.5 Å². The Morgan fingerprint density at radius 3 is 2.60 bits per heavy atom. The molecule has 118 valence electrons. The van der Waals surface area contributed by atoms with Crippen LogP contribution in [0, 0.1) is 0 Å². The fourth-order valence-corrected chi connectivity index (χ4v) is 3.33. The number of rotatable bonds is 4. The molecule has 1 rings (SSSR count). The molecule has 0 bridgehead atoms. The highest BCUT2D eigenvalue weighted by Gasteiger charge is 2.28. The maximum atomic E-state index is 4.77. The van der Waals surface area contributed by atoms with E-state index in [1.54, 1.807) is 0 Å². The molecular weight excluding hydrogens is 268 g/mol. The third kappa shape index (κ3) is 6.84. The summed E-state index contributed by atoms with van der Waals surface area (Å²) in [7, 11) is 0. The standard InChI is InChI=1S/C15H32N4S/c1-7-16-13(17-8-9-18-14(2,3)4)19-10-11-20-15(5,6)12-19/h18H,7-12H2,1-6H3,(H,16,17). The minimum Gasteiger partial charge on any atom is -0.357 e. The monoisotopic (exact) mass is 300 g/mol. The van der Waals surface area contributed by atoms with Gasteiger partial charge in [-0.1, -0.05) is 0 Å². The second-order valence-electron chi connectivity index (χ2n) is 6.94. The first-order chi connectivity index (χ1) is 9.23. The van der Waals surface area contributed by atoms with E-state index in [0.29, 0.717) is 4.75 Å². The van der Waals surface area contributed by atoms with Crippen molar-refractivity contribution in [3.05, 3.63) is 0 Å². The van der Waals surface area contributed by atoms with Crippen LogP contribution in [0.5, 0.6) is 0 Å². The first-order valence-electron chi connectivity index (χ1n) is 7.66. The van der Waals surface area contributed by atoms with Crippen LogP contribution >= 0.6 is 11.8 Å². The van der Waals surface area contributed by atoms with E-state index in [1.165, 1.54) is 5.75 Å². The summed E-state index contributed by atoms with van der Waals surface area (Å²) in [5, 5.41) is 6.91. The van der Waals surface area contributed by atoms with Crippen LogP contribution in [-0.4, -0.2) is 59.6 Å². The van der Waals surface area contributed by atoms with E-state index >= 15 is 0 Å². The fraction of sp³-hybridized carbons (Fsp3) is 0.933. The number of hydrogen-bond acceptors (Lipinski definition) is 3. The Labute approximate surface area is 129 Å². The van der Waals surface area contributed by atoms with Gasteiger partial charge < -0.3 is 15.5 Å². The number of thioether (sulfide) groups is 1.